The number of hydrogen-bond acceptors (Lipinski definition) is 6. The number of amides is 2. The van der Waals surface area contributed by atoms with Crippen molar-refractivity contribution in [1.29, 1.82) is 0 Å². The molecule has 0 atom stereocenters. The molecule has 0 bridgehead atoms. The van der Waals surface area contributed by atoms with Crippen molar-refractivity contribution in [1.82, 2.24) is 9.21 Å². The first kappa shape index (κ1) is 22.6. The summed E-state index contributed by atoms with van der Waals surface area (Å²) in [5, 5.41) is 2.68. The molecule has 3 N–H and O–H groups in total. The minimum atomic E-state index is -3.73. The number of rotatable bonds is 7. The van der Waals surface area contributed by atoms with Crippen molar-refractivity contribution < 1.29 is 22.8 Å². The molecule has 0 aromatic heterocycles. The number of primary amides is 1. The number of para-hydroxylation sites is 1. The number of anilines is 1. The van der Waals surface area contributed by atoms with Gasteiger partial charge in [-0.05, 0) is 31.2 Å². The van der Waals surface area contributed by atoms with Crippen molar-refractivity contribution in [3.05, 3.63) is 59.7 Å². The predicted octanol–water partition coefficient (Wildman–Crippen LogP) is 0.933. The molecule has 1 saturated heterocycles. The number of ketones is 1. The van der Waals surface area contributed by atoms with E-state index in [2.05, 4.69) is 5.32 Å². The van der Waals surface area contributed by atoms with Crippen LogP contribution in [0.15, 0.2) is 53.4 Å². The van der Waals surface area contributed by atoms with Crippen molar-refractivity contribution in [3.63, 3.8) is 0 Å². The quantitative estimate of drug-likeness (QED) is 0.611. The Bertz CT molecular complexity index is 1110. The van der Waals surface area contributed by atoms with Crippen LogP contribution in [-0.4, -0.2) is 67.9 Å². The number of Topliss-reactive ketones (excluding diaryl/α,β-unsaturated/α-hetero) is 1. The molecule has 1 aliphatic heterocycles. The largest absolute Gasteiger partial charge is 0.366 e. The average molecular weight is 445 g/mol. The van der Waals surface area contributed by atoms with Gasteiger partial charge in [0, 0.05) is 31.7 Å². The van der Waals surface area contributed by atoms with E-state index in [1.54, 1.807) is 30.3 Å². The lowest BCUT2D eigenvalue weighted by Gasteiger charge is -2.33. The van der Waals surface area contributed by atoms with Crippen LogP contribution in [0.4, 0.5) is 5.69 Å². The fourth-order valence-corrected chi connectivity index (χ4v) is 4.82. The molecule has 3 rings (SSSR count). The van der Waals surface area contributed by atoms with Crippen LogP contribution in [0.3, 0.4) is 0 Å². The number of carbonyl (C=O) groups is 3. The van der Waals surface area contributed by atoms with Gasteiger partial charge in [0.25, 0.3) is 5.91 Å². The maximum absolute atomic E-state index is 12.9. The summed E-state index contributed by atoms with van der Waals surface area (Å²) >= 11 is 0. The maximum atomic E-state index is 12.9. The third-order valence-electron chi connectivity index (χ3n) is 5.04. The van der Waals surface area contributed by atoms with Gasteiger partial charge in [-0.25, -0.2) is 8.42 Å². The van der Waals surface area contributed by atoms with Crippen molar-refractivity contribution >= 4 is 33.3 Å². The zero-order valence-electron chi connectivity index (χ0n) is 17.1. The highest BCUT2D eigenvalue weighted by molar-refractivity contribution is 7.89. The smallest absolute Gasteiger partial charge is 0.250 e. The van der Waals surface area contributed by atoms with Gasteiger partial charge in [0.05, 0.1) is 22.7 Å². The monoisotopic (exact) mass is 444 g/mol. The standard InChI is InChI=1S/C21H24N4O5S/c1-15(26)16-5-4-6-17(13-16)31(29,30)25-11-9-24(10-12-25)14-20(27)23-19-8-3-2-7-18(19)21(22)28/h2-8,13H,9-12,14H2,1H3,(H2,22,28)(H,23,27). The van der Waals surface area contributed by atoms with E-state index in [1.165, 1.54) is 29.4 Å². The maximum Gasteiger partial charge on any atom is 0.250 e. The molecular formula is C21H24N4O5S. The first-order chi connectivity index (χ1) is 14.7. The number of sulfonamides is 1. The summed E-state index contributed by atoms with van der Waals surface area (Å²) in [6, 6.07) is 12.4. The zero-order chi connectivity index (χ0) is 22.6. The van der Waals surface area contributed by atoms with Gasteiger partial charge >= 0.3 is 0 Å². The number of hydrogen-bond donors (Lipinski definition) is 2. The van der Waals surface area contributed by atoms with Gasteiger partial charge in [-0.2, -0.15) is 4.31 Å². The molecule has 10 heteroatoms. The Morgan fingerprint density at radius 3 is 2.32 bits per heavy atom. The van der Waals surface area contributed by atoms with Crippen LogP contribution in [0.2, 0.25) is 0 Å². The molecule has 0 aliphatic carbocycles. The second kappa shape index (κ2) is 9.38. The molecule has 2 aromatic carbocycles. The van der Waals surface area contributed by atoms with E-state index in [-0.39, 0.29) is 41.8 Å². The molecule has 9 nitrogen and oxygen atoms in total. The first-order valence-corrected chi connectivity index (χ1v) is 11.1. The van der Waals surface area contributed by atoms with Gasteiger partial charge in [0.1, 0.15) is 0 Å². The summed E-state index contributed by atoms with van der Waals surface area (Å²) in [6.07, 6.45) is 0. The minimum Gasteiger partial charge on any atom is -0.366 e. The second-order valence-electron chi connectivity index (χ2n) is 7.22. The lowest BCUT2D eigenvalue weighted by atomic mass is 10.1. The molecule has 1 heterocycles. The van der Waals surface area contributed by atoms with Gasteiger partial charge < -0.3 is 11.1 Å². The Morgan fingerprint density at radius 2 is 1.68 bits per heavy atom. The molecule has 1 aliphatic rings. The number of nitrogens with zero attached hydrogens (tertiary/aromatic N) is 2. The second-order valence-corrected chi connectivity index (χ2v) is 9.16. The van der Waals surface area contributed by atoms with E-state index in [9.17, 15) is 22.8 Å². The van der Waals surface area contributed by atoms with Crippen molar-refractivity contribution in [3.8, 4) is 0 Å². The van der Waals surface area contributed by atoms with E-state index in [4.69, 9.17) is 5.73 Å². The van der Waals surface area contributed by atoms with Crippen molar-refractivity contribution in [2.75, 3.05) is 38.0 Å². The Labute approximate surface area is 180 Å². The van der Waals surface area contributed by atoms with Crippen LogP contribution in [0.5, 0.6) is 0 Å². The summed E-state index contributed by atoms with van der Waals surface area (Å²) in [5.74, 6) is -1.16. The molecular weight excluding hydrogens is 420 g/mol. The Morgan fingerprint density at radius 1 is 1.00 bits per heavy atom. The van der Waals surface area contributed by atoms with Gasteiger partial charge in [-0.3, -0.25) is 19.3 Å². The van der Waals surface area contributed by atoms with Gasteiger partial charge in [-0.1, -0.05) is 24.3 Å². The van der Waals surface area contributed by atoms with Gasteiger partial charge in [0.15, 0.2) is 5.78 Å². The summed E-state index contributed by atoms with van der Waals surface area (Å²) in [4.78, 5) is 37.3. The molecule has 31 heavy (non-hydrogen) atoms. The number of nitrogens with one attached hydrogen (secondary N) is 1. The predicted molar refractivity (Wildman–Crippen MR) is 115 cm³/mol. The Balaban J connectivity index is 1.59. The van der Waals surface area contributed by atoms with Crippen LogP contribution in [0.25, 0.3) is 0 Å². The average Bonchev–Trinajstić information content (AvgIpc) is 2.74. The molecule has 0 saturated carbocycles. The first-order valence-electron chi connectivity index (χ1n) is 9.70. The zero-order valence-corrected chi connectivity index (χ0v) is 17.9. The van der Waals surface area contributed by atoms with E-state index in [1.807, 2.05) is 4.90 Å². The number of carbonyl (C=O) groups excluding carboxylic acids is 3. The van der Waals surface area contributed by atoms with Crippen LogP contribution < -0.4 is 11.1 Å². The Kier molecular flexibility index (Phi) is 6.84. The summed E-state index contributed by atoms with van der Waals surface area (Å²) in [7, 11) is -3.73. The van der Waals surface area contributed by atoms with Crippen LogP contribution in [0, 0.1) is 0 Å². The minimum absolute atomic E-state index is 0.0564. The number of benzene rings is 2. The highest BCUT2D eigenvalue weighted by Gasteiger charge is 2.29. The molecule has 0 radical (unpaired) electrons. The molecule has 164 valence electrons. The van der Waals surface area contributed by atoms with E-state index in [0.717, 1.165) is 0 Å². The fraction of sp³-hybridized carbons (Fsp3) is 0.286. The third kappa shape index (κ3) is 5.35. The van der Waals surface area contributed by atoms with Crippen molar-refractivity contribution in [2.24, 2.45) is 5.73 Å². The summed E-state index contributed by atoms with van der Waals surface area (Å²) < 4.78 is 27.2. The van der Waals surface area contributed by atoms with Crippen LogP contribution in [0.1, 0.15) is 27.6 Å². The molecule has 0 spiro atoms. The molecule has 0 unspecified atom stereocenters. The number of nitrogens with two attached hydrogens (primary N) is 1. The van der Waals surface area contributed by atoms with Crippen LogP contribution in [-0.2, 0) is 14.8 Å². The summed E-state index contributed by atoms with van der Waals surface area (Å²) in [6.45, 7) is 2.63. The van der Waals surface area contributed by atoms with Crippen molar-refractivity contribution in [2.45, 2.75) is 11.8 Å². The molecule has 2 aromatic rings. The van der Waals surface area contributed by atoms with E-state index < -0.39 is 15.9 Å². The van der Waals surface area contributed by atoms with Gasteiger partial charge in [-0.15, -0.1) is 0 Å². The van der Waals surface area contributed by atoms with E-state index in [0.29, 0.717) is 24.3 Å². The summed E-state index contributed by atoms with van der Waals surface area (Å²) in [5.41, 5.74) is 6.22. The van der Waals surface area contributed by atoms with Crippen LogP contribution >= 0.6 is 0 Å². The molecule has 1 fully saturated rings. The Hall–Kier alpha value is -3.08. The molecule has 2 amide bonds. The third-order valence-corrected chi connectivity index (χ3v) is 6.94. The van der Waals surface area contributed by atoms with E-state index >= 15 is 0 Å². The lowest BCUT2D eigenvalue weighted by Crippen LogP contribution is -2.50. The normalized spacial score (nSPS) is 15.4. The lowest BCUT2D eigenvalue weighted by molar-refractivity contribution is -0.117. The SMILES string of the molecule is CC(=O)c1cccc(S(=O)(=O)N2CCN(CC(=O)Nc3ccccc3C(N)=O)CC2)c1. The van der Waals surface area contributed by atoms with Gasteiger partial charge in [0.2, 0.25) is 15.9 Å². The highest BCUT2D eigenvalue weighted by atomic mass is 32.2. The highest BCUT2D eigenvalue weighted by Crippen LogP contribution is 2.19. The number of piperazine rings is 1. The topological polar surface area (TPSA) is 130 Å². The fourth-order valence-electron chi connectivity index (χ4n) is 3.35.